The van der Waals surface area contributed by atoms with Crippen molar-refractivity contribution in [3.63, 3.8) is 0 Å². The normalized spacial score (nSPS) is 10.4. The van der Waals surface area contributed by atoms with Gasteiger partial charge in [-0.3, -0.25) is 4.98 Å². The summed E-state index contributed by atoms with van der Waals surface area (Å²) in [6.07, 6.45) is 4.62. The minimum absolute atomic E-state index is 0.620. The number of nitrogens with zero attached hydrogens (tertiary/aromatic N) is 3. The van der Waals surface area contributed by atoms with E-state index < -0.39 is 0 Å². The molecule has 0 N–H and O–H groups in total. The van der Waals surface area contributed by atoms with E-state index in [1.807, 2.05) is 36.7 Å². The number of rotatable bonds is 6. The Morgan fingerprint density at radius 1 is 1.24 bits per heavy atom. The van der Waals surface area contributed by atoms with Gasteiger partial charge >= 0.3 is 0 Å². The lowest BCUT2D eigenvalue weighted by Gasteiger charge is -2.18. The van der Waals surface area contributed by atoms with Gasteiger partial charge in [-0.25, -0.2) is 0 Å². The first-order chi connectivity index (χ1) is 10.2. The van der Waals surface area contributed by atoms with Crippen LogP contribution in [0.15, 0.2) is 42.7 Å². The van der Waals surface area contributed by atoms with E-state index in [1.165, 1.54) is 5.56 Å². The molecule has 0 bridgehead atoms. The molecule has 2 aromatic rings. The lowest BCUT2D eigenvalue weighted by atomic mass is 10.1. The molecular weight excluding hydrogens is 262 g/mol. The van der Waals surface area contributed by atoms with Gasteiger partial charge in [-0.05, 0) is 43.3 Å². The van der Waals surface area contributed by atoms with Crippen LogP contribution in [0.5, 0.6) is 5.75 Å². The second-order valence-electron chi connectivity index (χ2n) is 4.98. The number of hydrogen-bond acceptors (Lipinski definition) is 4. The van der Waals surface area contributed by atoms with Crippen molar-refractivity contribution in [3.8, 4) is 11.8 Å². The smallest absolute Gasteiger partial charge is 0.124 e. The summed E-state index contributed by atoms with van der Waals surface area (Å²) in [6, 6.07) is 11.8. The Bertz CT molecular complexity index is 620. The number of ether oxygens (including phenoxy) is 1. The quantitative estimate of drug-likeness (QED) is 0.816. The molecule has 0 unspecified atom stereocenters. The third kappa shape index (κ3) is 4.30. The van der Waals surface area contributed by atoms with Gasteiger partial charge < -0.3 is 9.64 Å². The molecule has 0 aliphatic heterocycles. The maximum Gasteiger partial charge on any atom is 0.124 e. The zero-order valence-electron chi connectivity index (χ0n) is 12.4. The molecule has 0 spiro atoms. The molecule has 0 aliphatic carbocycles. The van der Waals surface area contributed by atoms with Crippen LogP contribution in [0.25, 0.3) is 0 Å². The molecule has 0 amide bonds. The van der Waals surface area contributed by atoms with Gasteiger partial charge in [0.05, 0.1) is 18.7 Å². The molecule has 0 radical (unpaired) electrons. The number of hydrogen-bond donors (Lipinski definition) is 0. The summed E-state index contributed by atoms with van der Waals surface area (Å²) in [7, 11) is 3.72. The number of nitriles is 1. The largest absolute Gasteiger partial charge is 0.496 e. The monoisotopic (exact) mass is 281 g/mol. The fourth-order valence-electron chi connectivity index (χ4n) is 2.18. The van der Waals surface area contributed by atoms with E-state index in [0.717, 1.165) is 30.8 Å². The Morgan fingerprint density at radius 2 is 2.00 bits per heavy atom. The van der Waals surface area contributed by atoms with Crippen molar-refractivity contribution in [2.24, 2.45) is 0 Å². The van der Waals surface area contributed by atoms with Crippen LogP contribution in [-0.4, -0.2) is 30.6 Å². The summed E-state index contributed by atoms with van der Waals surface area (Å²) in [4.78, 5) is 6.26. The first kappa shape index (κ1) is 15.0. The van der Waals surface area contributed by atoms with Crippen LogP contribution >= 0.6 is 0 Å². The number of likely N-dealkylation sites (N-methyl/N-ethyl adjacent to an activating group) is 1. The van der Waals surface area contributed by atoms with E-state index in [0.29, 0.717) is 5.56 Å². The highest BCUT2D eigenvalue weighted by molar-refractivity contribution is 5.42. The van der Waals surface area contributed by atoms with E-state index in [-0.39, 0.29) is 0 Å². The van der Waals surface area contributed by atoms with Crippen LogP contribution in [0.2, 0.25) is 0 Å². The van der Waals surface area contributed by atoms with Crippen LogP contribution in [-0.2, 0) is 13.0 Å². The second kappa shape index (κ2) is 7.41. The van der Waals surface area contributed by atoms with E-state index in [2.05, 4.69) is 23.0 Å². The number of benzene rings is 1. The minimum Gasteiger partial charge on any atom is -0.496 e. The van der Waals surface area contributed by atoms with Crippen LogP contribution in [0, 0.1) is 11.3 Å². The zero-order chi connectivity index (χ0) is 15.1. The Balaban J connectivity index is 1.96. The highest BCUT2D eigenvalue weighted by atomic mass is 16.5. The van der Waals surface area contributed by atoms with Gasteiger partial charge in [-0.2, -0.15) is 5.26 Å². The Hall–Kier alpha value is -2.38. The van der Waals surface area contributed by atoms with Gasteiger partial charge in [0.1, 0.15) is 5.75 Å². The standard InChI is InChI=1S/C17H19N3O/c1-20(10-7-14-5-8-19-9-6-14)13-16-4-3-15(12-18)11-17(16)21-2/h3-6,8-9,11H,7,10,13H2,1-2H3. The summed E-state index contributed by atoms with van der Waals surface area (Å²) >= 11 is 0. The van der Waals surface area contributed by atoms with Crippen LogP contribution < -0.4 is 4.74 Å². The molecule has 0 fully saturated rings. The van der Waals surface area contributed by atoms with E-state index >= 15 is 0 Å². The van der Waals surface area contributed by atoms with Crippen molar-refractivity contribution in [3.05, 3.63) is 59.4 Å². The summed E-state index contributed by atoms with van der Waals surface area (Å²) in [6.45, 7) is 1.74. The highest BCUT2D eigenvalue weighted by Gasteiger charge is 2.07. The average Bonchev–Trinajstić information content (AvgIpc) is 2.54. The van der Waals surface area contributed by atoms with E-state index in [1.54, 1.807) is 13.2 Å². The van der Waals surface area contributed by atoms with Crippen molar-refractivity contribution < 1.29 is 4.74 Å². The van der Waals surface area contributed by atoms with Crippen LogP contribution in [0.4, 0.5) is 0 Å². The van der Waals surface area contributed by atoms with Crippen molar-refractivity contribution in [2.75, 3.05) is 20.7 Å². The predicted octanol–water partition coefficient (Wildman–Crippen LogP) is 2.64. The maximum absolute atomic E-state index is 8.92. The van der Waals surface area contributed by atoms with Crippen molar-refractivity contribution in [1.29, 1.82) is 5.26 Å². The molecule has 1 heterocycles. The zero-order valence-corrected chi connectivity index (χ0v) is 12.4. The van der Waals surface area contributed by atoms with Crippen LogP contribution in [0.3, 0.4) is 0 Å². The fourth-order valence-corrected chi connectivity index (χ4v) is 2.18. The van der Waals surface area contributed by atoms with Gasteiger partial charge in [0.25, 0.3) is 0 Å². The topological polar surface area (TPSA) is 49.1 Å². The van der Waals surface area contributed by atoms with Crippen LogP contribution in [0.1, 0.15) is 16.7 Å². The molecule has 21 heavy (non-hydrogen) atoms. The van der Waals surface area contributed by atoms with Gasteiger partial charge in [-0.1, -0.05) is 6.07 Å². The summed E-state index contributed by atoms with van der Waals surface area (Å²) in [5.41, 5.74) is 2.99. The number of aromatic nitrogens is 1. The molecule has 4 heteroatoms. The predicted molar refractivity (Wildman–Crippen MR) is 82.0 cm³/mol. The van der Waals surface area contributed by atoms with Crippen molar-refractivity contribution in [1.82, 2.24) is 9.88 Å². The average molecular weight is 281 g/mol. The molecule has 0 atom stereocenters. The molecule has 0 saturated carbocycles. The van der Waals surface area contributed by atoms with Gasteiger partial charge in [0.15, 0.2) is 0 Å². The Morgan fingerprint density at radius 3 is 2.67 bits per heavy atom. The van der Waals surface area contributed by atoms with E-state index in [9.17, 15) is 0 Å². The molecule has 2 rings (SSSR count). The van der Waals surface area contributed by atoms with Crippen molar-refractivity contribution >= 4 is 0 Å². The third-order valence-electron chi connectivity index (χ3n) is 3.39. The first-order valence-electron chi connectivity index (χ1n) is 6.87. The highest BCUT2D eigenvalue weighted by Crippen LogP contribution is 2.21. The number of pyridine rings is 1. The van der Waals surface area contributed by atoms with Crippen molar-refractivity contribution in [2.45, 2.75) is 13.0 Å². The molecule has 0 saturated heterocycles. The van der Waals surface area contributed by atoms with Gasteiger partial charge in [0, 0.05) is 31.0 Å². The Kier molecular flexibility index (Phi) is 5.30. The molecular formula is C17H19N3O. The molecule has 108 valence electrons. The van der Waals surface area contributed by atoms with Gasteiger partial charge in [0.2, 0.25) is 0 Å². The first-order valence-corrected chi connectivity index (χ1v) is 6.87. The molecule has 1 aromatic heterocycles. The Labute approximate surface area is 125 Å². The van der Waals surface area contributed by atoms with Gasteiger partial charge in [-0.15, -0.1) is 0 Å². The third-order valence-corrected chi connectivity index (χ3v) is 3.39. The fraction of sp³-hybridized carbons (Fsp3) is 0.294. The number of methoxy groups -OCH3 is 1. The minimum atomic E-state index is 0.620. The maximum atomic E-state index is 8.92. The summed E-state index contributed by atoms with van der Waals surface area (Å²) in [5, 5.41) is 8.92. The summed E-state index contributed by atoms with van der Waals surface area (Å²) < 4.78 is 5.37. The molecule has 1 aromatic carbocycles. The lowest BCUT2D eigenvalue weighted by Crippen LogP contribution is -2.21. The lowest BCUT2D eigenvalue weighted by molar-refractivity contribution is 0.321. The van der Waals surface area contributed by atoms with E-state index in [4.69, 9.17) is 10.00 Å². The molecule has 0 aliphatic rings. The molecule has 4 nitrogen and oxygen atoms in total. The second-order valence-corrected chi connectivity index (χ2v) is 4.98. The SMILES string of the molecule is COc1cc(C#N)ccc1CN(C)CCc1ccncc1. The summed E-state index contributed by atoms with van der Waals surface area (Å²) in [5.74, 6) is 0.768.